The molecule has 29 heavy (non-hydrogen) atoms. The summed E-state index contributed by atoms with van der Waals surface area (Å²) in [4.78, 5) is 0. The summed E-state index contributed by atoms with van der Waals surface area (Å²) in [5, 5.41) is 4.38. The van der Waals surface area contributed by atoms with Crippen LogP contribution in [0.2, 0.25) is 0 Å². The third-order valence-corrected chi connectivity index (χ3v) is 5.61. The second-order valence-electron chi connectivity index (χ2n) is 8.13. The highest BCUT2D eigenvalue weighted by atomic mass is 35.5. The molecule has 1 N–H and O–H groups in total. The molecule has 156 valence electrons. The number of unbranched alkanes of at least 4 members (excludes halogenated alkanes) is 1. The van der Waals surface area contributed by atoms with Crippen LogP contribution in [0.3, 0.4) is 0 Å². The van der Waals surface area contributed by atoms with Gasteiger partial charge in [0.25, 0.3) is 0 Å². The number of benzene rings is 2. The fourth-order valence-corrected chi connectivity index (χ4v) is 3.58. The van der Waals surface area contributed by atoms with Gasteiger partial charge in [-0.2, -0.15) is 0 Å². The zero-order valence-corrected chi connectivity index (χ0v) is 19.3. The average molecular weight is 410 g/mol. The summed E-state index contributed by atoms with van der Waals surface area (Å²) in [6, 6.07) is 17.7. The summed E-state index contributed by atoms with van der Waals surface area (Å²) in [7, 11) is 0. The number of rotatable bonds is 11. The standard InChI is InChI=1S/C27H36ClN/c1-5-6-8-25-9-7-10-26(19-25)18-23(4)27(28)17-22(3)20-29-16-15-24-13-11-21(2)12-14-24/h7,9-14,17,19,29H,5-6,8,15-16,18,20H2,1-4H3/b22-17+,27-23-. The molecule has 0 amide bonds. The molecule has 0 bridgehead atoms. The lowest BCUT2D eigenvalue weighted by Crippen LogP contribution is -2.19. The van der Waals surface area contributed by atoms with Gasteiger partial charge in [0.05, 0.1) is 0 Å². The zero-order chi connectivity index (χ0) is 21.1. The molecule has 2 aromatic rings. The molecule has 0 aliphatic heterocycles. The van der Waals surface area contributed by atoms with Crippen LogP contribution in [-0.2, 0) is 19.3 Å². The zero-order valence-electron chi connectivity index (χ0n) is 18.5. The van der Waals surface area contributed by atoms with Gasteiger partial charge in [-0.25, -0.2) is 0 Å². The molecule has 0 radical (unpaired) electrons. The van der Waals surface area contributed by atoms with Crippen molar-refractivity contribution in [3.05, 3.63) is 93.0 Å². The molecule has 2 rings (SSSR count). The maximum absolute atomic E-state index is 6.60. The van der Waals surface area contributed by atoms with Gasteiger partial charge in [0, 0.05) is 11.6 Å². The number of allylic oxidation sites excluding steroid dienone is 3. The molecule has 0 aromatic heterocycles. The van der Waals surface area contributed by atoms with Crippen LogP contribution in [0.25, 0.3) is 0 Å². The first kappa shape index (κ1) is 23.4. The van der Waals surface area contributed by atoms with E-state index in [9.17, 15) is 0 Å². The van der Waals surface area contributed by atoms with Crippen LogP contribution in [0, 0.1) is 6.92 Å². The molecule has 1 nitrogen and oxygen atoms in total. The smallest absolute Gasteiger partial charge is 0.0398 e. The summed E-state index contributed by atoms with van der Waals surface area (Å²) in [5.41, 5.74) is 7.94. The highest BCUT2D eigenvalue weighted by Crippen LogP contribution is 2.19. The Bertz CT molecular complexity index is 815. The number of halogens is 1. The van der Waals surface area contributed by atoms with Crippen molar-refractivity contribution >= 4 is 11.6 Å². The monoisotopic (exact) mass is 409 g/mol. The summed E-state index contributed by atoms with van der Waals surface area (Å²) in [5.74, 6) is 0. The van der Waals surface area contributed by atoms with Gasteiger partial charge in [-0.15, -0.1) is 0 Å². The van der Waals surface area contributed by atoms with Gasteiger partial charge in [-0.3, -0.25) is 0 Å². The van der Waals surface area contributed by atoms with Crippen LogP contribution in [0.1, 0.15) is 55.9 Å². The molecule has 0 fully saturated rings. The van der Waals surface area contributed by atoms with Gasteiger partial charge in [-0.1, -0.05) is 90.2 Å². The van der Waals surface area contributed by atoms with Gasteiger partial charge in [0.2, 0.25) is 0 Å². The van der Waals surface area contributed by atoms with E-state index in [0.717, 1.165) is 37.4 Å². The summed E-state index contributed by atoms with van der Waals surface area (Å²) in [6.45, 7) is 10.5. The summed E-state index contributed by atoms with van der Waals surface area (Å²) in [6.07, 6.45) is 7.70. The van der Waals surface area contributed by atoms with Crippen molar-refractivity contribution in [3.8, 4) is 0 Å². The van der Waals surface area contributed by atoms with E-state index in [1.165, 1.54) is 46.2 Å². The molecule has 0 saturated carbocycles. The molecule has 0 unspecified atom stereocenters. The van der Waals surface area contributed by atoms with E-state index >= 15 is 0 Å². The largest absolute Gasteiger partial charge is 0.313 e. The van der Waals surface area contributed by atoms with Crippen LogP contribution >= 0.6 is 11.6 Å². The first-order chi connectivity index (χ1) is 14.0. The molecule has 0 aliphatic carbocycles. The first-order valence-electron chi connectivity index (χ1n) is 10.8. The highest BCUT2D eigenvalue weighted by molar-refractivity contribution is 6.31. The van der Waals surface area contributed by atoms with Crippen LogP contribution in [0.15, 0.2) is 70.8 Å². The molecule has 2 aromatic carbocycles. The molecular formula is C27H36ClN. The molecule has 0 atom stereocenters. The average Bonchev–Trinajstić information content (AvgIpc) is 2.71. The van der Waals surface area contributed by atoms with E-state index in [1.54, 1.807) is 0 Å². The number of hydrogen-bond donors (Lipinski definition) is 1. The van der Waals surface area contributed by atoms with Crippen LogP contribution in [-0.4, -0.2) is 13.1 Å². The topological polar surface area (TPSA) is 12.0 Å². The SMILES string of the molecule is CCCCc1cccc(C/C(C)=C(Cl)/C=C(\C)CNCCc2ccc(C)cc2)c1. The maximum Gasteiger partial charge on any atom is 0.0398 e. The van der Waals surface area contributed by atoms with Crippen LogP contribution in [0.5, 0.6) is 0 Å². The van der Waals surface area contributed by atoms with Gasteiger partial charge in [-0.05, 0) is 75.8 Å². The van der Waals surface area contributed by atoms with Crippen molar-refractivity contribution < 1.29 is 0 Å². The fraction of sp³-hybridized carbons (Fsp3) is 0.407. The Balaban J connectivity index is 1.83. The van der Waals surface area contributed by atoms with Crippen molar-refractivity contribution in [2.75, 3.05) is 13.1 Å². The predicted octanol–water partition coefficient (Wildman–Crippen LogP) is 7.17. The van der Waals surface area contributed by atoms with Crippen molar-refractivity contribution in [2.45, 2.75) is 59.8 Å². The number of nitrogens with one attached hydrogen (secondary N) is 1. The predicted molar refractivity (Wildman–Crippen MR) is 129 cm³/mol. The molecule has 0 spiro atoms. The van der Waals surface area contributed by atoms with E-state index in [2.05, 4.69) is 87.6 Å². The Hall–Kier alpha value is -1.83. The minimum atomic E-state index is 0.863. The van der Waals surface area contributed by atoms with Gasteiger partial charge >= 0.3 is 0 Å². The Kier molecular flexibility index (Phi) is 10.2. The maximum atomic E-state index is 6.60. The Labute approximate surface area is 182 Å². The number of hydrogen-bond acceptors (Lipinski definition) is 1. The Morgan fingerprint density at radius 2 is 1.69 bits per heavy atom. The van der Waals surface area contributed by atoms with E-state index < -0.39 is 0 Å². The van der Waals surface area contributed by atoms with Crippen molar-refractivity contribution in [1.82, 2.24) is 5.32 Å². The summed E-state index contributed by atoms with van der Waals surface area (Å²) >= 11 is 6.60. The van der Waals surface area contributed by atoms with E-state index in [4.69, 9.17) is 11.6 Å². The van der Waals surface area contributed by atoms with Crippen molar-refractivity contribution in [3.63, 3.8) is 0 Å². The first-order valence-corrected chi connectivity index (χ1v) is 11.2. The lowest BCUT2D eigenvalue weighted by Gasteiger charge is -2.08. The lowest BCUT2D eigenvalue weighted by atomic mass is 10.0. The van der Waals surface area contributed by atoms with E-state index in [0.29, 0.717) is 0 Å². The molecule has 0 aliphatic rings. The fourth-order valence-electron chi connectivity index (χ4n) is 3.33. The minimum Gasteiger partial charge on any atom is -0.313 e. The van der Waals surface area contributed by atoms with Crippen LogP contribution < -0.4 is 5.32 Å². The summed E-state index contributed by atoms with van der Waals surface area (Å²) < 4.78 is 0. The van der Waals surface area contributed by atoms with Crippen molar-refractivity contribution in [2.24, 2.45) is 0 Å². The molecule has 2 heteroatoms. The quantitative estimate of drug-likeness (QED) is 0.306. The third-order valence-electron chi connectivity index (χ3n) is 5.18. The molecular weight excluding hydrogens is 374 g/mol. The minimum absolute atomic E-state index is 0.863. The van der Waals surface area contributed by atoms with E-state index in [-0.39, 0.29) is 0 Å². The highest BCUT2D eigenvalue weighted by Gasteiger charge is 2.02. The Morgan fingerprint density at radius 1 is 0.966 bits per heavy atom. The normalized spacial score (nSPS) is 12.8. The van der Waals surface area contributed by atoms with Crippen LogP contribution in [0.4, 0.5) is 0 Å². The Morgan fingerprint density at radius 3 is 2.41 bits per heavy atom. The molecule has 0 saturated heterocycles. The number of aryl methyl sites for hydroxylation is 2. The third kappa shape index (κ3) is 9.02. The van der Waals surface area contributed by atoms with Gasteiger partial charge in [0.1, 0.15) is 0 Å². The second-order valence-corrected chi connectivity index (χ2v) is 8.54. The lowest BCUT2D eigenvalue weighted by molar-refractivity contribution is 0.727. The van der Waals surface area contributed by atoms with Gasteiger partial charge < -0.3 is 5.32 Å². The molecule has 0 heterocycles. The van der Waals surface area contributed by atoms with Gasteiger partial charge in [0.15, 0.2) is 0 Å². The van der Waals surface area contributed by atoms with E-state index in [1.807, 2.05) is 0 Å². The second kappa shape index (κ2) is 12.7. The van der Waals surface area contributed by atoms with Crippen molar-refractivity contribution in [1.29, 1.82) is 0 Å².